The fourth-order valence-corrected chi connectivity index (χ4v) is 2.47. The number of nitrogens with zero attached hydrogens (tertiary/aromatic N) is 1. The number of H-pyrrole nitrogens is 1. The minimum atomic E-state index is -0.815. The van der Waals surface area contributed by atoms with Crippen LogP contribution < -0.4 is 29.8 Å². The number of nitrogens with one attached hydrogen (secondary N) is 2. The maximum Gasteiger partial charge on any atom is 0.441 e. The monoisotopic (exact) mass is 372 g/mol. The topological polar surface area (TPSA) is 107 Å². The molecule has 0 unspecified atom stereocenters. The summed E-state index contributed by atoms with van der Waals surface area (Å²) in [5.74, 6) is 0.903. The largest absolute Gasteiger partial charge is 0.497 e. The molecule has 1 heterocycles. The quantitative estimate of drug-likeness (QED) is 0.636. The molecule has 0 radical (unpaired) electrons. The zero-order valence-electron chi connectivity index (χ0n) is 14.9. The van der Waals surface area contributed by atoms with E-state index in [-0.39, 0.29) is 5.69 Å². The van der Waals surface area contributed by atoms with Crippen LogP contribution in [0.2, 0.25) is 0 Å². The third-order valence-corrected chi connectivity index (χ3v) is 3.85. The second-order valence-electron chi connectivity index (χ2n) is 5.38. The van der Waals surface area contributed by atoms with E-state index in [2.05, 4.69) is 10.6 Å². The molecular formula is C18H18N3O6+. The van der Waals surface area contributed by atoms with Crippen LogP contribution in [0.4, 0.5) is 5.69 Å². The Kier molecular flexibility index (Phi) is 5.11. The van der Waals surface area contributed by atoms with Gasteiger partial charge >= 0.3 is 17.2 Å². The van der Waals surface area contributed by atoms with Crippen molar-refractivity contribution in [3.63, 3.8) is 0 Å². The van der Waals surface area contributed by atoms with Gasteiger partial charge in [-0.2, -0.15) is 0 Å². The Morgan fingerprint density at radius 3 is 2.30 bits per heavy atom. The van der Waals surface area contributed by atoms with Crippen LogP contribution in [-0.2, 0) is 0 Å². The van der Waals surface area contributed by atoms with Gasteiger partial charge in [0.2, 0.25) is 5.69 Å². The fraction of sp³-hybridized carbons (Fsp3) is 0.167. The van der Waals surface area contributed by atoms with Crippen LogP contribution in [0.1, 0.15) is 10.5 Å². The number of hydrogen-bond acceptors (Lipinski definition) is 6. The summed E-state index contributed by atoms with van der Waals surface area (Å²) in [6, 6.07) is 11.7. The van der Waals surface area contributed by atoms with Crippen molar-refractivity contribution in [1.29, 1.82) is 0 Å². The summed E-state index contributed by atoms with van der Waals surface area (Å²) >= 11 is 0. The van der Waals surface area contributed by atoms with E-state index in [9.17, 15) is 9.59 Å². The number of carbonyl (C=O) groups excluding carboxylic acids is 1. The molecule has 0 saturated heterocycles. The van der Waals surface area contributed by atoms with E-state index >= 15 is 0 Å². The van der Waals surface area contributed by atoms with E-state index in [0.29, 0.717) is 28.6 Å². The highest BCUT2D eigenvalue weighted by Gasteiger charge is 2.31. The van der Waals surface area contributed by atoms with Crippen molar-refractivity contribution < 1.29 is 28.2 Å². The molecule has 0 bridgehead atoms. The first kappa shape index (κ1) is 18.1. The first-order chi connectivity index (χ1) is 13.1. The molecule has 9 heteroatoms. The third-order valence-electron chi connectivity index (χ3n) is 3.85. The molecule has 9 nitrogen and oxygen atoms in total. The number of ether oxygens (including phenoxy) is 3. The predicted octanol–water partition coefficient (Wildman–Crippen LogP) is 1.52. The molecule has 0 aliphatic heterocycles. The average Bonchev–Trinajstić information content (AvgIpc) is 3.09. The van der Waals surface area contributed by atoms with Crippen LogP contribution in [0.15, 0.2) is 51.8 Å². The van der Waals surface area contributed by atoms with Crippen LogP contribution >= 0.6 is 0 Å². The molecule has 1 amide bonds. The molecule has 3 rings (SSSR count). The lowest BCUT2D eigenvalue weighted by Gasteiger charge is -2.10. The van der Waals surface area contributed by atoms with Gasteiger partial charge in [0, 0.05) is 18.2 Å². The van der Waals surface area contributed by atoms with E-state index in [1.165, 1.54) is 18.9 Å². The number of amides is 1. The fourth-order valence-electron chi connectivity index (χ4n) is 2.47. The van der Waals surface area contributed by atoms with Gasteiger partial charge in [-0.1, -0.05) is 0 Å². The highest BCUT2D eigenvalue weighted by Crippen LogP contribution is 2.29. The molecule has 27 heavy (non-hydrogen) atoms. The Hall–Kier alpha value is -3.75. The van der Waals surface area contributed by atoms with Gasteiger partial charge in [-0.25, -0.2) is 4.79 Å². The SMILES string of the molecule is COc1ccc(-[n+]2[nH]oc(=O)c2C(=O)Nc2cc(OC)ccc2OC)cc1. The Bertz CT molecular complexity index is 1010. The van der Waals surface area contributed by atoms with Gasteiger partial charge in [0.05, 0.1) is 27.0 Å². The molecule has 1 aromatic heterocycles. The number of anilines is 1. The Morgan fingerprint density at radius 1 is 1.00 bits per heavy atom. The molecule has 0 spiro atoms. The van der Waals surface area contributed by atoms with Gasteiger partial charge in [0.1, 0.15) is 17.2 Å². The number of methoxy groups -OCH3 is 3. The van der Waals surface area contributed by atoms with Crippen molar-refractivity contribution in [3.8, 4) is 22.9 Å². The first-order valence-corrected chi connectivity index (χ1v) is 7.88. The molecule has 0 saturated carbocycles. The smallest absolute Gasteiger partial charge is 0.441 e. The Morgan fingerprint density at radius 2 is 1.67 bits per heavy atom. The summed E-state index contributed by atoms with van der Waals surface area (Å²) < 4.78 is 21.5. The molecule has 0 atom stereocenters. The number of benzene rings is 2. The Labute approximate surface area is 154 Å². The van der Waals surface area contributed by atoms with Gasteiger partial charge in [-0.3, -0.25) is 9.32 Å². The van der Waals surface area contributed by atoms with Crippen molar-refractivity contribution >= 4 is 11.6 Å². The number of rotatable bonds is 6. The van der Waals surface area contributed by atoms with Gasteiger partial charge in [-0.05, 0) is 34.2 Å². The van der Waals surface area contributed by atoms with Crippen LogP contribution in [0.25, 0.3) is 5.69 Å². The summed E-state index contributed by atoms with van der Waals surface area (Å²) in [6.45, 7) is 0. The van der Waals surface area contributed by atoms with E-state index in [0.717, 1.165) is 0 Å². The van der Waals surface area contributed by atoms with Crippen molar-refractivity contribution in [1.82, 2.24) is 5.27 Å². The highest BCUT2D eigenvalue weighted by molar-refractivity contribution is 6.02. The molecule has 140 valence electrons. The van der Waals surface area contributed by atoms with E-state index < -0.39 is 11.5 Å². The summed E-state index contributed by atoms with van der Waals surface area (Å²) in [6.07, 6.45) is 0. The number of aromatic nitrogens is 2. The van der Waals surface area contributed by atoms with Crippen LogP contribution in [0.3, 0.4) is 0 Å². The third kappa shape index (κ3) is 3.61. The molecule has 3 aromatic rings. The number of hydrogen-bond donors (Lipinski definition) is 2. The summed E-state index contributed by atoms with van der Waals surface area (Å²) in [4.78, 5) is 24.8. The molecule has 0 fully saturated rings. The maximum atomic E-state index is 12.7. The normalized spacial score (nSPS) is 10.3. The van der Waals surface area contributed by atoms with Gasteiger partial charge in [0.15, 0.2) is 0 Å². The van der Waals surface area contributed by atoms with Crippen LogP contribution in [0.5, 0.6) is 17.2 Å². The minimum Gasteiger partial charge on any atom is -0.497 e. The lowest BCUT2D eigenvalue weighted by atomic mass is 10.2. The standard InChI is InChI=1S/C18H17N3O6/c1-24-12-6-4-11(5-7-12)21-16(18(23)27-20-21)17(22)19-14-10-13(25-2)8-9-15(14)26-3/h4-10H,1-3H3,(H-,19,20,22,23)/p+1. The van der Waals surface area contributed by atoms with Crippen molar-refractivity contribution in [2.75, 3.05) is 26.6 Å². The van der Waals surface area contributed by atoms with Crippen LogP contribution in [-0.4, -0.2) is 32.5 Å². The lowest BCUT2D eigenvalue weighted by Crippen LogP contribution is -2.42. The average molecular weight is 372 g/mol. The zero-order valence-corrected chi connectivity index (χ0v) is 14.9. The summed E-state index contributed by atoms with van der Waals surface area (Å²) in [5, 5.41) is 5.06. The highest BCUT2D eigenvalue weighted by atomic mass is 16.5. The first-order valence-electron chi connectivity index (χ1n) is 7.88. The van der Waals surface area contributed by atoms with Crippen molar-refractivity contribution in [2.45, 2.75) is 0 Å². The van der Waals surface area contributed by atoms with Gasteiger partial charge in [-0.15, -0.1) is 0 Å². The molecular weight excluding hydrogens is 354 g/mol. The van der Waals surface area contributed by atoms with E-state index in [1.807, 2.05) is 0 Å². The van der Waals surface area contributed by atoms with Gasteiger partial charge in [0.25, 0.3) is 0 Å². The molecule has 0 aliphatic rings. The van der Waals surface area contributed by atoms with Crippen molar-refractivity contribution in [3.05, 3.63) is 58.6 Å². The minimum absolute atomic E-state index is 0.231. The maximum absolute atomic E-state index is 12.7. The summed E-state index contributed by atoms with van der Waals surface area (Å²) in [5.41, 5.74) is -0.177. The predicted molar refractivity (Wildman–Crippen MR) is 94.9 cm³/mol. The lowest BCUT2D eigenvalue weighted by molar-refractivity contribution is -0.672. The molecule has 2 N–H and O–H groups in total. The molecule has 0 aliphatic carbocycles. The van der Waals surface area contributed by atoms with Gasteiger partial charge < -0.3 is 19.5 Å². The van der Waals surface area contributed by atoms with E-state index in [1.54, 1.807) is 49.6 Å². The second-order valence-corrected chi connectivity index (χ2v) is 5.38. The van der Waals surface area contributed by atoms with Crippen LogP contribution in [0, 0.1) is 0 Å². The van der Waals surface area contributed by atoms with E-state index in [4.69, 9.17) is 18.7 Å². The second kappa shape index (κ2) is 7.65. The summed E-state index contributed by atoms with van der Waals surface area (Å²) in [7, 11) is 4.52. The Balaban J connectivity index is 1.96. The number of aromatic amines is 1. The van der Waals surface area contributed by atoms with Crippen molar-refractivity contribution in [2.24, 2.45) is 0 Å². The molecule has 2 aromatic carbocycles. The number of carbonyl (C=O) groups is 1. The zero-order chi connectivity index (χ0) is 19.4.